The van der Waals surface area contributed by atoms with Crippen molar-refractivity contribution in [1.29, 1.82) is 0 Å². The quantitative estimate of drug-likeness (QED) is 0.355. The summed E-state index contributed by atoms with van der Waals surface area (Å²) < 4.78 is 4.70. The molecule has 0 radical (unpaired) electrons. The Morgan fingerprint density at radius 3 is 2.38 bits per heavy atom. The molecule has 1 unspecified atom stereocenters. The van der Waals surface area contributed by atoms with Gasteiger partial charge in [-0.3, -0.25) is 4.79 Å². The first-order valence-electron chi connectivity index (χ1n) is 7.75. The molecule has 1 amide bonds. The lowest BCUT2D eigenvalue weighted by molar-refractivity contribution is -0.144. The molecule has 0 bridgehead atoms. The van der Waals surface area contributed by atoms with Crippen molar-refractivity contribution in [2.45, 2.75) is 12.5 Å². The SMILES string of the molecule is COC(=O)C(Cc1ccc(O)c(O)c1)NC(=O)C=Cc1ccc(O)cc1. The smallest absolute Gasteiger partial charge is 0.328 e. The van der Waals surface area contributed by atoms with E-state index >= 15 is 0 Å². The molecular formula is C19H19NO6. The summed E-state index contributed by atoms with van der Waals surface area (Å²) in [6.45, 7) is 0. The highest BCUT2D eigenvalue weighted by Gasteiger charge is 2.21. The summed E-state index contributed by atoms with van der Waals surface area (Å²) in [7, 11) is 1.21. The average molecular weight is 357 g/mol. The van der Waals surface area contributed by atoms with E-state index in [1.807, 2.05) is 0 Å². The van der Waals surface area contributed by atoms with Gasteiger partial charge >= 0.3 is 5.97 Å². The molecular weight excluding hydrogens is 338 g/mol. The van der Waals surface area contributed by atoms with Crippen LogP contribution < -0.4 is 5.32 Å². The van der Waals surface area contributed by atoms with Gasteiger partial charge in [-0.15, -0.1) is 0 Å². The number of rotatable bonds is 6. The fourth-order valence-electron chi connectivity index (χ4n) is 2.24. The fourth-order valence-corrected chi connectivity index (χ4v) is 2.24. The maximum atomic E-state index is 12.1. The monoisotopic (exact) mass is 357 g/mol. The molecule has 0 aromatic heterocycles. The Hall–Kier alpha value is -3.48. The van der Waals surface area contributed by atoms with E-state index < -0.39 is 17.9 Å². The number of nitrogens with one attached hydrogen (secondary N) is 1. The number of aromatic hydroxyl groups is 3. The van der Waals surface area contributed by atoms with Crippen molar-refractivity contribution in [1.82, 2.24) is 5.32 Å². The van der Waals surface area contributed by atoms with Crippen LogP contribution in [0, 0.1) is 0 Å². The Bertz CT molecular complexity index is 813. The van der Waals surface area contributed by atoms with Gasteiger partial charge in [-0.05, 0) is 41.5 Å². The second-order valence-electron chi connectivity index (χ2n) is 5.54. The molecule has 0 heterocycles. The molecule has 0 aliphatic heterocycles. The van der Waals surface area contributed by atoms with Gasteiger partial charge in [-0.25, -0.2) is 4.79 Å². The van der Waals surface area contributed by atoms with Gasteiger partial charge in [0.05, 0.1) is 7.11 Å². The maximum Gasteiger partial charge on any atom is 0.328 e. The summed E-state index contributed by atoms with van der Waals surface area (Å²) in [6, 6.07) is 9.43. The molecule has 4 N–H and O–H groups in total. The lowest BCUT2D eigenvalue weighted by Gasteiger charge is -2.16. The zero-order valence-corrected chi connectivity index (χ0v) is 14.0. The predicted molar refractivity (Wildman–Crippen MR) is 94.6 cm³/mol. The van der Waals surface area contributed by atoms with Crippen molar-refractivity contribution in [2.24, 2.45) is 0 Å². The third kappa shape index (κ3) is 5.27. The fraction of sp³-hybridized carbons (Fsp3) is 0.158. The topological polar surface area (TPSA) is 116 Å². The normalized spacial score (nSPS) is 11.9. The van der Waals surface area contributed by atoms with Crippen LogP contribution in [0.25, 0.3) is 6.08 Å². The molecule has 2 rings (SSSR count). The standard InChI is InChI=1S/C19H19NO6/c1-26-19(25)15(10-13-4-8-16(22)17(23)11-13)20-18(24)9-5-12-2-6-14(21)7-3-12/h2-9,11,15,21-23H,10H2,1H3,(H,20,24). The highest BCUT2D eigenvalue weighted by Crippen LogP contribution is 2.25. The van der Waals surface area contributed by atoms with Crippen LogP contribution in [0.5, 0.6) is 17.2 Å². The Kier molecular flexibility index (Phi) is 6.21. The maximum absolute atomic E-state index is 12.1. The Labute approximate surface area is 150 Å². The molecule has 0 aliphatic rings. The van der Waals surface area contributed by atoms with E-state index in [9.17, 15) is 24.9 Å². The van der Waals surface area contributed by atoms with Gasteiger partial charge in [-0.1, -0.05) is 18.2 Å². The number of amides is 1. The van der Waals surface area contributed by atoms with Gasteiger partial charge < -0.3 is 25.4 Å². The van der Waals surface area contributed by atoms with Crippen molar-refractivity contribution >= 4 is 18.0 Å². The van der Waals surface area contributed by atoms with Crippen LogP contribution in [-0.4, -0.2) is 40.3 Å². The van der Waals surface area contributed by atoms with Crippen molar-refractivity contribution in [3.8, 4) is 17.2 Å². The molecule has 7 heteroatoms. The van der Waals surface area contributed by atoms with Crippen LogP contribution in [0.2, 0.25) is 0 Å². The van der Waals surface area contributed by atoms with Crippen LogP contribution in [0.4, 0.5) is 0 Å². The van der Waals surface area contributed by atoms with E-state index in [0.717, 1.165) is 0 Å². The van der Waals surface area contributed by atoms with Gasteiger partial charge in [0.2, 0.25) is 5.91 Å². The number of carbonyl (C=O) groups excluding carboxylic acids is 2. The number of hydrogen-bond acceptors (Lipinski definition) is 6. The van der Waals surface area contributed by atoms with E-state index in [4.69, 9.17) is 4.74 Å². The van der Waals surface area contributed by atoms with Gasteiger partial charge in [0, 0.05) is 12.5 Å². The molecule has 0 aliphatic carbocycles. The van der Waals surface area contributed by atoms with Gasteiger partial charge in [0.15, 0.2) is 11.5 Å². The van der Waals surface area contributed by atoms with E-state index in [-0.39, 0.29) is 23.7 Å². The van der Waals surface area contributed by atoms with Crippen molar-refractivity contribution in [3.63, 3.8) is 0 Å². The first-order valence-corrected chi connectivity index (χ1v) is 7.75. The Morgan fingerprint density at radius 1 is 1.08 bits per heavy atom. The summed E-state index contributed by atoms with van der Waals surface area (Å²) in [5, 5.41) is 30.6. The number of methoxy groups -OCH3 is 1. The highest BCUT2D eigenvalue weighted by atomic mass is 16.5. The minimum atomic E-state index is -0.957. The predicted octanol–water partition coefficient (Wildman–Crippen LogP) is 1.72. The lowest BCUT2D eigenvalue weighted by Crippen LogP contribution is -2.42. The molecule has 0 saturated heterocycles. The summed E-state index contributed by atoms with van der Waals surface area (Å²) >= 11 is 0. The minimum Gasteiger partial charge on any atom is -0.508 e. The largest absolute Gasteiger partial charge is 0.508 e. The zero-order chi connectivity index (χ0) is 19.1. The molecule has 2 aromatic carbocycles. The van der Waals surface area contributed by atoms with Crippen molar-refractivity contribution in [3.05, 3.63) is 59.7 Å². The zero-order valence-electron chi connectivity index (χ0n) is 14.0. The summed E-state index contributed by atoms with van der Waals surface area (Å²) in [6.07, 6.45) is 2.88. The molecule has 0 fully saturated rings. The first kappa shape index (κ1) is 18.9. The van der Waals surface area contributed by atoms with E-state index in [2.05, 4.69) is 5.32 Å². The molecule has 1 atom stereocenters. The molecule has 7 nitrogen and oxygen atoms in total. The molecule has 2 aromatic rings. The van der Waals surface area contributed by atoms with Crippen LogP contribution in [-0.2, 0) is 20.7 Å². The Balaban J connectivity index is 2.06. The van der Waals surface area contributed by atoms with E-state index in [1.165, 1.54) is 49.6 Å². The third-order valence-corrected chi connectivity index (χ3v) is 3.60. The molecule has 26 heavy (non-hydrogen) atoms. The number of phenols is 3. The van der Waals surface area contributed by atoms with Gasteiger partial charge in [0.1, 0.15) is 11.8 Å². The van der Waals surface area contributed by atoms with Crippen molar-refractivity contribution < 1.29 is 29.6 Å². The van der Waals surface area contributed by atoms with E-state index in [0.29, 0.717) is 11.1 Å². The second kappa shape index (κ2) is 8.57. The number of ether oxygens (including phenoxy) is 1. The van der Waals surface area contributed by atoms with Crippen molar-refractivity contribution in [2.75, 3.05) is 7.11 Å². The van der Waals surface area contributed by atoms with Crippen LogP contribution in [0.3, 0.4) is 0 Å². The second-order valence-corrected chi connectivity index (χ2v) is 5.54. The van der Waals surface area contributed by atoms with Crippen LogP contribution in [0.1, 0.15) is 11.1 Å². The minimum absolute atomic E-state index is 0.0826. The lowest BCUT2D eigenvalue weighted by atomic mass is 10.1. The number of esters is 1. The number of hydrogen-bond donors (Lipinski definition) is 4. The van der Waals surface area contributed by atoms with E-state index in [1.54, 1.807) is 12.1 Å². The number of benzene rings is 2. The molecule has 136 valence electrons. The third-order valence-electron chi connectivity index (χ3n) is 3.60. The average Bonchev–Trinajstić information content (AvgIpc) is 2.63. The highest BCUT2D eigenvalue weighted by molar-refractivity contribution is 5.94. The number of carbonyl (C=O) groups is 2. The summed E-state index contributed by atoms with van der Waals surface area (Å²) in [4.78, 5) is 24.0. The molecule has 0 saturated carbocycles. The van der Waals surface area contributed by atoms with Crippen LogP contribution >= 0.6 is 0 Å². The first-order chi connectivity index (χ1) is 12.4. The Morgan fingerprint density at radius 2 is 1.77 bits per heavy atom. The van der Waals surface area contributed by atoms with Gasteiger partial charge in [0.25, 0.3) is 0 Å². The molecule has 0 spiro atoms. The van der Waals surface area contributed by atoms with Gasteiger partial charge in [-0.2, -0.15) is 0 Å². The summed E-state index contributed by atoms with van der Waals surface area (Å²) in [5.41, 5.74) is 1.24. The number of phenolic OH excluding ortho intramolecular Hbond substituents is 3. The van der Waals surface area contributed by atoms with Crippen LogP contribution in [0.15, 0.2) is 48.5 Å². The summed E-state index contributed by atoms with van der Waals surface area (Å²) in [5.74, 6) is -1.61.